The molecule has 148 valence electrons. The van der Waals surface area contributed by atoms with Crippen molar-refractivity contribution < 1.29 is 9.59 Å². The summed E-state index contributed by atoms with van der Waals surface area (Å²) in [4.78, 5) is 27.2. The van der Waals surface area contributed by atoms with Crippen LogP contribution in [0.4, 0.5) is 0 Å². The van der Waals surface area contributed by atoms with Crippen molar-refractivity contribution in [2.75, 3.05) is 13.1 Å². The number of halogens is 2. The number of nitrogens with zero attached hydrogens (tertiary/aromatic N) is 1. The number of carbonyl (C=O) groups excluding carboxylic acids is 2. The SMILES string of the molecule is CCC(NC(=O)C1CCN(C(=O)c2ccc(Br)cc2)CC1)c1ccc(Cl)cc1. The van der Waals surface area contributed by atoms with Crippen LogP contribution in [0.25, 0.3) is 0 Å². The maximum Gasteiger partial charge on any atom is 0.253 e. The molecule has 2 amide bonds. The molecule has 1 saturated heterocycles. The van der Waals surface area contributed by atoms with Crippen molar-refractivity contribution in [2.24, 2.45) is 5.92 Å². The second-order valence-electron chi connectivity index (χ2n) is 7.09. The van der Waals surface area contributed by atoms with Crippen LogP contribution in [0.5, 0.6) is 0 Å². The van der Waals surface area contributed by atoms with Crippen molar-refractivity contribution >= 4 is 39.3 Å². The summed E-state index contributed by atoms with van der Waals surface area (Å²) >= 11 is 9.34. The molecule has 1 fully saturated rings. The smallest absolute Gasteiger partial charge is 0.253 e. The molecule has 0 bridgehead atoms. The maximum atomic E-state index is 12.7. The summed E-state index contributed by atoms with van der Waals surface area (Å²) in [5.41, 5.74) is 1.74. The molecule has 28 heavy (non-hydrogen) atoms. The first-order valence-corrected chi connectivity index (χ1v) is 10.8. The fourth-order valence-corrected chi connectivity index (χ4v) is 3.92. The van der Waals surface area contributed by atoms with Crippen LogP contribution in [-0.4, -0.2) is 29.8 Å². The van der Waals surface area contributed by atoms with Gasteiger partial charge in [-0.1, -0.05) is 46.6 Å². The Morgan fingerprint density at radius 3 is 2.29 bits per heavy atom. The number of benzene rings is 2. The molecule has 2 aromatic rings. The van der Waals surface area contributed by atoms with E-state index in [1.54, 1.807) is 0 Å². The standard InChI is InChI=1S/C22H24BrClN2O2/c1-2-20(15-5-9-19(24)10-6-15)25-21(27)16-11-13-26(14-12-16)22(28)17-3-7-18(23)8-4-17/h3-10,16,20H,2,11-14H2,1H3,(H,25,27). The summed E-state index contributed by atoms with van der Waals surface area (Å²) < 4.78 is 0.950. The number of amides is 2. The zero-order valence-corrected chi connectivity index (χ0v) is 18.2. The van der Waals surface area contributed by atoms with E-state index in [0.717, 1.165) is 16.5 Å². The van der Waals surface area contributed by atoms with Gasteiger partial charge >= 0.3 is 0 Å². The minimum atomic E-state index is -0.0599. The van der Waals surface area contributed by atoms with Gasteiger partial charge in [0.15, 0.2) is 0 Å². The highest BCUT2D eigenvalue weighted by Gasteiger charge is 2.29. The molecule has 0 aromatic heterocycles. The van der Waals surface area contributed by atoms with Gasteiger partial charge in [0.1, 0.15) is 0 Å². The van der Waals surface area contributed by atoms with E-state index in [0.29, 0.717) is 36.5 Å². The van der Waals surface area contributed by atoms with Crippen molar-refractivity contribution in [3.63, 3.8) is 0 Å². The van der Waals surface area contributed by atoms with Crippen LogP contribution in [0.1, 0.15) is 48.1 Å². The zero-order chi connectivity index (χ0) is 20.1. The molecule has 0 aliphatic carbocycles. The van der Waals surface area contributed by atoms with Gasteiger partial charge in [-0.25, -0.2) is 0 Å². The second-order valence-corrected chi connectivity index (χ2v) is 8.45. The van der Waals surface area contributed by atoms with Crippen LogP contribution in [0, 0.1) is 5.92 Å². The highest BCUT2D eigenvalue weighted by molar-refractivity contribution is 9.10. The summed E-state index contributed by atoms with van der Waals surface area (Å²) in [6, 6.07) is 15.0. The van der Waals surface area contributed by atoms with E-state index >= 15 is 0 Å². The van der Waals surface area contributed by atoms with Crippen LogP contribution in [0.15, 0.2) is 53.0 Å². The fraction of sp³-hybridized carbons (Fsp3) is 0.364. The Morgan fingerprint density at radius 2 is 1.71 bits per heavy atom. The van der Waals surface area contributed by atoms with Gasteiger partial charge in [0.2, 0.25) is 5.91 Å². The first kappa shape index (κ1) is 20.9. The molecular weight excluding hydrogens is 440 g/mol. The molecule has 1 aliphatic rings. The number of hydrogen-bond donors (Lipinski definition) is 1. The lowest BCUT2D eigenvalue weighted by Gasteiger charge is -2.32. The quantitative estimate of drug-likeness (QED) is 0.661. The molecule has 1 N–H and O–H groups in total. The summed E-state index contributed by atoms with van der Waals surface area (Å²) in [6.07, 6.45) is 2.19. The zero-order valence-electron chi connectivity index (χ0n) is 15.8. The predicted molar refractivity (Wildman–Crippen MR) is 115 cm³/mol. The van der Waals surface area contributed by atoms with Crippen LogP contribution >= 0.6 is 27.5 Å². The third kappa shape index (κ3) is 5.15. The Balaban J connectivity index is 1.55. The average Bonchev–Trinajstić information content (AvgIpc) is 2.73. The summed E-state index contributed by atoms with van der Waals surface area (Å²) in [5.74, 6) is 0.0341. The lowest BCUT2D eigenvalue weighted by Crippen LogP contribution is -2.43. The van der Waals surface area contributed by atoms with Crippen molar-refractivity contribution in [3.8, 4) is 0 Å². The van der Waals surface area contributed by atoms with Gasteiger partial charge in [-0.05, 0) is 61.2 Å². The average molecular weight is 464 g/mol. The van der Waals surface area contributed by atoms with E-state index in [2.05, 4.69) is 28.2 Å². The number of piperidine rings is 1. The van der Waals surface area contributed by atoms with Crippen LogP contribution < -0.4 is 5.32 Å². The molecule has 1 heterocycles. The number of rotatable bonds is 5. The van der Waals surface area contributed by atoms with Crippen LogP contribution in [0.3, 0.4) is 0 Å². The Labute approximate surface area is 179 Å². The van der Waals surface area contributed by atoms with E-state index in [1.165, 1.54) is 0 Å². The van der Waals surface area contributed by atoms with E-state index in [-0.39, 0.29) is 23.8 Å². The summed E-state index contributed by atoms with van der Waals surface area (Å²) in [6.45, 7) is 3.26. The van der Waals surface area contributed by atoms with Gasteiger partial charge in [0.25, 0.3) is 5.91 Å². The molecule has 0 spiro atoms. The lowest BCUT2D eigenvalue weighted by atomic mass is 9.94. The van der Waals surface area contributed by atoms with Gasteiger partial charge in [-0.2, -0.15) is 0 Å². The van der Waals surface area contributed by atoms with Crippen molar-refractivity contribution in [1.82, 2.24) is 10.2 Å². The predicted octanol–water partition coefficient (Wildman–Crippen LogP) is 5.22. The van der Waals surface area contributed by atoms with Gasteiger partial charge in [0.05, 0.1) is 6.04 Å². The lowest BCUT2D eigenvalue weighted by molar-refractivity contribution is -0.127. The molecule has 6 heteroatoms. The molecule has 1 aliphatic heterocycles. The van der Waals surface area contributed by atoms with Crippen LogP contribution in [-0.2, 0) is 4.79 Å². The topological polar surface area (TPSA) is 49.4 Å². The van der Waals surface area contributed by atoms with E-state index in [9.17, 15) is 9.59 Å². The fourth-order valence-electron chi connectivity index (χ4n) is 3.53. The van der Waals surface area contributed by atoms with Gasteiger partial charge in [0, 0.05) is 34.1 Å². The maximum absolute atomic E-state index is 12.7. The summed E-state index contributed by atoms with van der Waals surface area (Å²) in [7, 11) is 0. The third-order valence-electron chi connectivity index (χ3n) is 5.24. The second kappa shape index (κ2) is 9.57. The molecular formula is C22H24BrClN2O2. The number of nitrogens with one attached hydrogen (secondary N) is 1. The summed E-state index contributed by atoms with van der Waals surface area (Å²) in [5, 5.41) is 3.85. The van der Waals surface area contributed by atoms with Crippen molar-refractivity contribution in [2.45, 2.75) is 32.2 Å². The normalized spacial score (nSPS) is 15.9. The van der Waals surface area contributed by atoms with Gasteiger partial charge < -0.3 is 10.2 Å². The minimum Gasteiger partial charge on any atom is -0.349 e. The van der Waals surface area contributed by atoms with E-state index in [1.807, 2.05) is 53.4 Å². The largest absolute Gasteiger partial charge is 0.349 e. The molecule has 0 saturated carbocycles. The first-order valence-electron chi connectivity index (χ1n) is 9.58. The third-order valence-corrected chi connectivity index (χ3v) is 6.02. The van der Waals surface area contributed by atoms with Gasteiger partial charge in [-0.3, -0.25) is 9.59 Å². The molecule has 1 unspecified atom stereocenters. The number of hydrogen-bond acceptors (Lipinski definition) is 2. The van der Waals surface area contributed by atoms with E-state index in [4.69, 9.17) is 11.6 Å². The highest BCUT2D eigenvalue weighted by atomic mass is 79.9. The Bertz CT molecular complexity index is 815. The monoisotopic (exact) mass is 462 g/mol. The first-order chi connectivity index (χ1) is 13.5. The molecule has 4 nitrogen and oxygen atoms in total. The van der Waals surface area contributed by atoms with Crippen LogP contribution in [0.2, 0.25) is 5.02 Å². The Morgan fingerprint density at radius 1 is 1.11 bits per heavy atom. The highest BCUT2D eigenvalue weighted by Crippen LogP contribution is 2.23. The molecule has 3 rings (SSSR count). The Kier molecular flexibility index (Phi) is 7.13. The number of carbonyl (C=O) groups is 2. The Hall–Kier alpha value is -1.85. The number of likely N-dealkylation sites (tertiary alicyclic amines) is 1. The van der Waals surface area contributed by atoms with Crippen molar-refractivity contribution in [3.05, 3.63) is 69.2 Å². The van der Waals surface area contributed by atoms with E-state index < -0.39 is 0 Å². The molecule has 1 atom stereocenters. The minimum absolute atomic E-state index is 0.0211. The van der Waals surface area contributed by atoms with Crippen molar-refractivity contribution in [1.29, 1.82) is 0 Å². The molecule has 0 radical (unpaired) electrons. The van der Waals surface area contributed by atoms with Gasteiger partial charge in [-0.15, -0.1) is 0 Å². The molecule has 2 aromatic carbocycles.